The summed E-state index contributed by atoms with van der Waals surface area (Å²) in [5.41, 5.74) is 2.81. The molecule has 22 heavy (non-hydrogen) atoms. The van der Waals surface area contributed by atoms with E-state index in [1.165, 1.54) is 6.07 Å². The maximum absolute atomic E-state index is 14.2. The van der Waals surface area contributed by atoms with Crippen molar-refractivity contribution in [3.8, 4) is 0 Å². The molecule has 114 valence electrons. The molecule has 0 bridgehead atoms. The fourth-order valence-corrected chi connectivity index (χ4v) is 2.92. The van der Waals surface area contributed by atoms with Crippen LogP contribution in [0.25, 0.3) is 0 Å². The molecular weight excluding hydrogens is 281 g/mol. The van der Waals surface area contributed by atoms with Crippen molar-refractivity contribution in [1.29, 1.82) is 0 Å². The van der Waals surface area contributed by atoms with Crippen molar-refractivity contribution in [2.75, 3.05) is 18.6 Å². The van der Waals surface area contributed by atoms with E-state index < -0.39 is 0 Å². The van der Waals surface area contributed by atoms with Gasteiger partial charge in [-0.3, -0.25) is 4.79 Å². The lowest BCUT2D eigenvalue weighted by atomic mass is 10.00. The van der Waals surface area contributed by atoms with Crippen LogP contribution in [0, 0.1) is 5.82 Å². The summed E-state index contributed by atoms with van der Waals surface area (Å²) in [7, 11) is 1.62. The molecule has 1 aliphatic heterocycles. The van der Waals surface area contributed by atoms with E-state index in [1.807, 2.05) is 18.2 Å². The summed E-state index contributed by atoms with van der Waals surface area (Å²) in [5, 5.41) is 0. The van der Waals surface area contributed by atoms with Gasteiger partial charge in [0.2, 0.25) is 0 Å². The quantitative estimate of drug-likeness (QED) is 0.867. The number of fused-ring (bicyclic) bond motifs is 1. The zero-order valence-electron chi connectivity index (χ0n) is 12.5. The number of rotatable bonds is 3. The summed E-state index contributed by atoms with van der Waals surface area (Å²) in [5.74, 6) is -0.498. The molecule has 2 aromatic carbocycles. The molecule has 3 nitrogen and oxygen atoms in total. The highest BCUT2D eigenvalue weighted by molar-refractivity contribution is 6.06. The number of halogens is 1. The van der Waals surface area contributed by atoms with E-state index in [1.54, 1.807) is 30.2 Å². The number of anilines is 1. The summed E-state index contributed by atoms with van der Waals surface area (Å²) in [6, 6.07) is 12.3. The second kappa shape index (κ2) is 6.28. The molecule has 0 atom stereocenters. The first-order chi connectivity index (χ1) is 10.7. The van der Waals surface area contributed by atoms with Gasteiger partial charge in [0, 0.05) is 19.2 Å². The predicted molar refractivity (Wildman–Crippen MR) is 83.6 cm³/mol. The van der Waals surface area contributed by atoms with Gasteiger partial charge >= 0.3 is 0 Å². The molecule has 3 rings (SSSR count). The molecule has 0 saturated heterocycles. The van der Waals surface area contributed by atoms with Crippen LogP contribution in [0.2, 0.25) is 0 Å². The standard InChI is InChI=1S/C18H18FNO2/c1-22-12-13-5-2-7-15(11-13)18(21)20-10-4-8-14-6-3-9-16(19)17(14)20/h2-3,5-7,9,11H,4,8,10,12H2,1H3. The highest BCUT2D eigenvalue weighted by Gasteiger charge is 2.26. The lowest BCUT2D eigenvalue weighted by Gasteiger charge is -2.30. The summed E-state index contributed by atoms with van der Waals surface area (Å²) in [6.07, 6.45) is 1.65. The molecule has 0 radical (unpaired) electrons. The molecule has 1 aliphatic rings. The van der Waals surface area contributed by atoms with Crippen LogP contribution in [-0.4, -0.2) is 19.6 Å². The number of hydrogen-bond acceptors (Lipinski definition) is 2. The van der Waals surface area contributed by atoms with Gasteiger partial charge in [-0.25, -0.2) is 4.39 Å². The monoisotopic (exact) mass is 299 g/mol. The van der Waals surface area contributed by atoms with Gasteiger partial charge in [0.15, 0.2) is 0 Å². The predicted octanol–water partition coefficient (Wildman–Crippen LogP) is 3.57. The summed E-state index contributed by atoms with van der Waals surface area (Å²) < 4.78 is 19.3. The zero-order valence-corrected chi connectivity index (χ0v) is 12.5. The smallest absolute Gasteiger partial charge is 0.258 e. The van der Waals surface area contributed by atoms with Crippen molar-refractivity contribution < 1.29 is 13.9 Å². The molecule has 0 N–H and O–H groups in total. The summed E-state index contributed by atoms with van der Waals surface area (Å²) in [4.78, 5) is 14.3. The van der Waals surface area contributed by atoms with Gasteiger partial charge in [-0.05, 0) is 42.2 Å². The Hall–Kier alpha value is -2.20. The Morgan fingerprint density at radius 3 is 2.91 bits per heavy atom. The van der Waals surface area contributed by atoms with Crippen LogP contribution in [0.1, 0.15) is 27.9 Å². The van der Waals surface area contributed by atoms with Crippen LogP contribution < -0.4 is 4.90 Å². The van der Waals surface area contributed by atoms with Gasteiger partial charge in [-0.2, -0.15) is 0 Å². The SMILES string of the molecule is COCc1cccc(C(=O)N2CCCc3cccc(F)c32)c1. The first-order valence-electron chi connectivity index (χ1n) is 7.38. The van der Waals surface area contributed by atoms with Gasteiger partial charge in [0.1, 0.15) is 5.82 Å². The van der Waals surface area contributed by atoms with Crippen molar-refractivity contribution in [2.45, 2.75) is 19.4 Å². The Bertz CT molecular complexity index is 699. The number of amides is 1. The molecule has 0 saturated carbocycles. The first kappa shape index (κ1) is 14.7. The van der Waals surface area contributed by atoms with Crippen molar-refractivity contribution in [3.05, 3.63) is 65.0 Å². The Balaban J connectivity index is 1.96. The molecule has 2 aromatic rings. The van der Waals surface area contributed by atoms with Crippen LogP contribution in [-0.2, 0) is 17.8 Å². The Morgan fingerprint density at radius 2 is 2.09 bits per heavy atom. The van der Waals surface area contributed by atoms with Gasteiger partial charge in [0.25, 0.3) is 5.91 Å². The molecule has 1 amide bonds. The fraction of sp³-hybridized carbons (Fsp3) is 0.278. The minimum Gasteiger partial charge on any atom is -0.380 e. The minimum atomic E-state index is -0.335. The number of methoxy groups -OCH3 is 1. The minimum absolute atomic E-state index is 0.163. The van der Waals surface area contributed by atoms with Crippen molar-refractivity contribution in [3.63, 3.8) is 0 Å². The third-order valence-corrected chi connectivity index (χ3v) is 3.90. The van der Waals surface area contributed by atoms with E-state index in [-0.39, 0.29) is 11.7 Å². The Morgan fingerprint density at radius 1 is 1.27 bits per heavy atom. The number of benzene rings is 2. The molecule has 1 heterocycles. The van der Waals surface area contributed by atoms with Crippen LogP contribution in [0.15, 0.2) is 42.5 Å². The van der Waals surface area contributed by atoms with Crippen LogP contribution >= 0.6 is 0 Å². The molecule has 0 fully saturated rings. The van der Waals surface area contributed by atoms with E-state index in [4.69, 9.17) is 4.74 Å². The number of aryl methyl sites for hydroxylation is 1. The molecule has 4 heteroatoms. The molecule has 0 aromatic heterocycles. The zero-order chi connectivity index (χ0) is 15.5. The fourth-order valence-electron chi connectivity index (χ4n) is 2.92. The average molecular weight is 299 g/mol. The molecule has 0 spiro atoms. The third-order valence-electron chi connectivity index (χ3n) is 3.90. The van der Waals surface area contributed by atoms with E-state index >= 15 is 0 Å². The first-order valence-corrected chi connectivity index (χ1v) is 7.38. The number of carbonyl (C=O) groups excluding carboxylic acids is 1. The second-order valence-electron chi connectivity index (χ2n) is 5.44. The summed E-state index contributed by atoms with van der Waals surface area (Å²) in [6.45, 7) is 0.993. The Kier molecular flexibility index (Phi) is 4.20. The summed E-state index contributed by atoms with van der Waals surface area (Å²) >= 11 is 0. The van der Waals surface area contributed by atoms with E-state index in [0.29, 0.717) is 24.4 Å². The van der Waals surface area contributed by atoms with Crippen LogP contribution in [0.3, 0.4) is 0 Å². The van der Waals surface area contributed by atoms with Gasteiger partial charge in [-0.1, -0.05) is 24.3 Å². The number of ether oxygens (including phenoxy) is 1. The van der Waals surface area contributed by atoms with Gasteiger partial charge < -0.3 is 9.64 Å². The highest BCUT2D eigenvalue weighted by atomic mass is 19.1. The van der Waals surface area contributed by atoms with Gasteiger partial charge in [0.05, 0.1) is 12.3 Å². The lowest BCUT2D eigenvalue weighted by molar-refractivity contribution is 0.0984. The molecule has 0 unspecified atom stereocenters. The van der Waals surface area contributed by atoms with Crippen LogP contribution in [0.5, 0.6) is 0 Å². The van der Waals surface area contributed by atoms with E-state index in [9.17, 15) is 9.18 Å². The van der Waals surface area contributed by atoms with Crippen molar-refractivity contribution in [2.24, 2.45) is 0 Å². The molecular formula is C18H18FNO2. The number of carbonyl (C=O) groups is 1. The van der Waals surface area contributed by atoms with Crippen LogP contribution in [0.4, 0.5) is 10.1 Å². The third kappa shape index (κ3) is 2.74. The Labute approximate surface area is 129 Å². The highest BCUT2D eigenvalue weighted by Crippen LogP contribution is 2.31. The largest absolute Gasteiger partial charge is 0.380 e. The number of hydrogen-bond donors (Lipinski definition) is 0. The number of nitrogens with zero attached hydrogens (tertiary/aromatic N) is 1. The maximum atomic E-state index is 14.2. The molecule has 0 aliphatic carbocycles. The normalized spacial score (nSPS) is 13.8. The second-order valence-corrected chi connectivity index (χ2v) is 5.44. The topological polar surface area (TPSA) is 29.5 Å². The van der Waals surface area contributed by atoms with Crippen molar-refractivity contribution >= 4 is 11.6 Å². The van der Waals surface area contributed by atoms with Crippen molar-refractivity contribution in [1.82, 2.24) is 0 Å². The van der Waals surface area contributed by atoms with E-state index in [0.717, 1.165) is 24.0 Å². The lowest BCUT2D eigenvalue weighted by Crippen LogP contribution is -2.36. The van der Waals surface area contributed by atoms with E-state index in [2.05, 4.69) is 0 Å². The van der Waals surface area contributed by atoms with Gasteiger partial charge in [-0.15, -0.1) is 0 Å². The number of para-hydroxylation sites is 1. The average Bonchev–Trinajstić information content (AvgIpc) is 2.54. The maximum Gasteiger partial charge on any atom is 0.258 e.